The highest BCUT2D eigenvalue weighted by Crippen LogP contribution is 2.28. The van der Waals surface area contributed by atoms with Crippen LogP contribution in [-0.2, 0) is 29.5 Å². The topological polar surface area (TPSA) is 108 Å². The van der Waals surface area contributed by atoms with Crippen LogP contribution >= 0.6 is 0 Å². The van der Waals surface area contributed by atoms with E-state index in [0.29, 0.717) is 25.3 Å². The minimum absolute atomic E-state index is 0.0173. The second-order valence-electron chi connectivity index (χ2n) is 9.06. The first-order valence-corrected chi connectivity index (χ1v) is 12.4. The number of aromatic nitrogens is 1. The molecule has 8 nitrogen and oxygen atoms in total. The van der Waals surface area contributed by atoms with Crippen LogP contribution in [0.4, 0.5) is 5.88 Å². The van der Waals surface area contributed by atoms with Gasteiger partial charge in [0.2, 0.25) is 11.8 Å². The Labute approximate surface area is 180 Å². The summed E-state index contributed by atoms with van der Waals surface area (Å²) in [5, 5.41) is 6.61. The van der Waals surface area contributed by atoms with Crippen LogP contribution in [0.3, 0.4) is 0 Å². The molecule has 0 spiro atoms. The van der Waals surface area contributed by atoms with Gasteiger partial charge in [-0.2, -0.15) is 0 Å². The van der Waals surface area contributed by atoms with Crippen LogP contribution in [0.25, 0.3) is 0 Å². The molecule has 1 saturated heterocycles. The maximum atomic E-state index is 12.7. The van der Waals surface area contributed by atoms with E-state index in [-0.39, 0.29) is 17.9 Å². The minimum Gasteiger partial charge on any atom is -0.353 e. The molecule has 172 valence electrons. The molecule has 1 unspecified atom stereocenters. The first kappa shape index (κ1) is 24.8. The Morgan fingerprint density at radius 2 is 2.00 bits per heavy atom. The van der Waals surface area contributed by atoms with Crippen LogP contribution in [-0.4, -0.2) is 49.5 Å². The highest BCUT2D eigenvalue weighted by Gasteiger charge is 2.41. The fourth-order valence-electron chi connectivity index (χ4n) is 3.07. The van der Waals surface area contributed by atoms with Crippen molar-refractivity contribution in [2.24, 2.45) is 0 Å². The monoisotopic (exact) mass is 444 g/mol. The fraction of sp³-hybridized carbons (Fsp3) is 0.810. The molecule has 1 aliphatic rings. The van der Waals surface area contributed by atoms with Gasteiger partial charge in [-0.15, -0.1) is 0 Å². The second-order valence-corrected chi connectivity index (χ2v) is 11.7. The van der Waals surface area contributed by atoms with Crippen molar-refractivity contribution in [3.8, 4) is 0 Å². The number of amides is 1. The third kappa shape index (κ3) is 6.28. The second kappa shape index (κ2) is 10.2. The van der Waals surface area contributed by atoms with Crippen molar-refractivity contribution in [2.45, 2.75) is 89.6 Å². The maximum absolute atomic E-state index is 12.7. The summed E-state index contributed by atoms with van der Waals surface area (Å²) in [7, 11) is -3.60. The van der Waals surface area contributed by atoms with E-state index < -0.39 is 25.9 Å². The molecular weight excluding hydrogens is 408 g/mol. The van der Waals surface area contributed by atoms with E-state index in [1.54, 1.807) is 6.07 Å². The summed E-state index contributed by atoms with van der Waals surface area (Å²) in [5.74, 6) is -0.531. The van der Waals surface area contributed by atoms with Gasteiger partial charge in [-0.05, 0) is 39.5 Å². The molecule has 1 atom stereocenters. The molecule has 2 rings (SSSR count). The molecule has 2 heterocycles. The quantitative estimate of drug-likeness (QED) is 0.517. The predicted octanol–water partition coefficient (Wildman–Crippen LogP) is 3.82. The molecule has 30 heavy (non-hydrogen) atoms. The molecule has 1 amide bonds. The van der Waals surface area contributed by atoms with E-state index in [2.05, 4.69) is 10.5 Å². The summed E-state index contributed by atoms with van der Waals surface area (Å²) in [6.45, 7) is 9.85. The molecule has 9 heteroatoms. The number of unbranched alkanes of at least 4 members (excludes halogenated alkanes) is 2. The summed E-state index contributed by atoms with van der Waals surface area (Å²) >= 11 is 0. The van der Waals surface area contributed by atoms with Crippen LogP contribution in [0, 0.1) is 0 Å². The van der Waals surface area contributed by atoms with E-state index in [1.807, 2.05) is 20.8 Å². The van der Waals surface area contributed by atoms with Crippen LogP contribution in [0.5, 0.6) is 0 Å². The van der Waals surface area contributed by atoms with Crippen molar-refractivity contribution < 1.29 is 27.2 Å². The molecular formula is C21H36N2O6S. The number of nitrogens with one attached hydrogen (secondary N) is 1. The minimum atomic E-state index is -3.60. The Morgan fingerprint density at radius 1 is 1.27 bits per heavy atom. The van der Waals surface area contributed by atoms with Gasteiger partial charge in [0.05, 0.1) is 18.1 Å². The number of carbonyl (C=O) groups excluding carboxylic acids is 1. The third-order valence-corrected chi connectivity index (χ3v) is 8.12. The fourth-order valence-corrected chi connectivity index (χ4v) is 4.50. The van der Waals surface area contributed by atoms with E-state index in [0.717, 1.165) is 32.1 Å². The summed E-state index contributed by atoms with van der Waals surface area (Å²) in [6, 6.07) is 1.61. The summed E-state index contributed by atoms with van der Waals surface area (Å²) in [5.41, 5.74) is 0.145. The van der Waals surface area contributed by atoms with Crippen LogP contribution in [0.1, 0.15) is 78.8 Å². The van der Waals surface area contributed by atoms with Crippen molar-refractivity contribution in [1.29, 1.82) is 0 Å². The molecule has 1 aromatic heterocycles. The van der Waals surface area contributed by atoms with Crippen molar-refractivity contribution in [1.82, 2.24) is 5.16 Å². The molecule has 1 fully saturated rings. The highest BCUT2D eigenvalue weighted by molar-refractivity contribution is 7.93. The van der Waals surface area contributed by atoms with Crippen molar-refractivity contribution in [3.63, 3.8) is 0 Å². The van der Waals surface area contributed by atoms with Gasteiger partial charge in [0.15, 0.2) is 16.1 Å². The lowest BCUT2D eigenvalue weighted by atomic mass is 9.90. The van der Waals surface area contributed by atoms with Crippen LogP contribution in [0.15, 0.2) is 10.6 Å². The van der Waals surface area contributed by atoms with E-state index in [1.165, 1.54) is 13.8 Å². The summed E-state index contributed by atoms with van der Waals surface area (Å²) < 4.78 is 40.4. The van der Waals surface area contributed by atoms with E-state index >= 15 is 0 Å². The van der Waals surface area contributed by atoms with Gasteiger partial charge in [0.1, 0.15) is 4.75 Å². The molecule has 1 aromatic rings. The van der Waals surface area contributed by atoms with Gasteiger partial charge in [-0.25, -0.2) is 8.42 Å². The number of hydrogen-bond acceptors (Lipinski definition) is 7. The Balaban J connectivity index is 1.98. The van der Waals surface area contributed by atoms with Gasteiger partial charge in [0, 0.05) is 18.1 Å². The zero-order valence-electron chi connectivity index (χ0n) is 18.8. The number of hydrogen-bond donors (Lipinski definition) is 1. The molecule has 0 radical (unpaired) electrons. The number of sulfone groups is 1. The Bertz CT molecular complexity index is 794. The zero-order chi connectivity index (χ0) is 22.4. The maximum Gasteiger partial charge on any atom is 0.247 e. The average molecular weight is 445 g/mol. The SMILES string of the molecule is CCCCCS(=O)(=O)C(C)(C)C(=O)Nc1cc(C(C)(C)COC2CCCCO2)no1. The Morgan fingerprint density at radius 3 is 2.63 bits per heavy atom. The zero-order valence-corrected chi connectivity index (χ0v) is 19.6. The first-order valence-electron chi connectivity index (χ1n) is 10.7. The predicted molar refractivity (Wildman–Crippen MR) is 115 cm³/mol. The number of rotatable bonds is 11. The standard InChI is InChI=1S/C21H36N2O6S/c1-6-7-10-13-30(25,26)21(4,5)19(24)22-17-14-16(23-29-17)20(2,3)15-28-18-11-8-9-12-27-18/h14,18H,6-13,15H2,1-5H3,(H,22,24). The normalized spacial score (nSPS) is 18.4. The van der Waals surface area contributed by atoms with Crippen LogP contribution in [0.2, 0.25) is 0 Å². The largest absolute Gasteiger partial charge is 0.353 e. The molecule has 0 aliphatic carbocycles. The lowest BCUT2D eigenvalue weighted by Crippen LogP contribution is -2.45. The van der Waals surface area contributed by atoms with Gasteiger partial charge in [-0.1, -0.05) is 38.8 Å². The molecule has 1 N–H and O–H groups in total. The first-order chi connectivity index (χ1) is 14.0. The smallest absolute Gasteiger partial charge is 0.247 e. The summed E-state index contributed by atoms with van der Waals surface area (Å²) in [4.78, 5) is 12.7. The van der Waals surface area contributed by atoms with E-state index in [4.69, 9.17) is 14.0 Å². The average Bonchev–Trinajstić information content (AvgIpc) is 3.17. The molecule has 0 saturated carbocycles. The number of ether oxygens (including phenoxy) is 2. The number of nitrogens with zero attached hydrogens (tertiary/aromatic N) is 1. The third-order valence-electron chi connectivity index (χ3n) is 5.55. The van der Waals surface area contributed by atoms with Crippen molar-refractivity contribution >= 4 is 21.6 Å². The van der Waals surface area contributed by atoms with Gasteiger partial charge in [-0.3, -0.25) is 10.1 Å². The number of anilines is 1. The molecule has 0 bridgehead atoms. The van der Waals surface area contributed by atoms with Gasteiger partial charge < -0.3 is 14.0 Å². The van der Waals surface area contributed by atoms with Gasteiger partial charge in [0.25, 0.3) is 0 Å². The number of carbonyl (C=O) groups is 1. The van der Waals surface area contributed by atoms with E-state index in [9.17, 15) is 13.2 Å². The Kier molecular flexibility index (Phi) is 8.47. The van der Waals surface area contributed by atoms with Gasteiger partial charge >= 0.3 is 0 Å². The summed E-state index contributed by atoms with van der Waals surface area (Å²) in [6.07, 6.45) is 5.07. The molecule has 0 aromatic carbocycles. The van der Waals surface area contributed by atoms with Crippen LogP contribution < -0.4 is 5.32 Å². The molecule has 1 aliphatic heterocycles. The highest BCUT2D eigenvalue weighted by atomic mass is 32.2. The van der Waals surface area contributed by atoms with Crippen molar-refractivity contribution in [2.75, 3.05) is 24.3 Å². The van der Waals surface area contributed by atoms with Crippen molar-refractivity contribution in [3.05, 3.63) is 11.8 Å². The Hall–Kier alpha value is -1.45. The lowest BCUT2D eigenvalue weighted by molar-refractivity contribution is -0.170. The lowest BCUT2D eigenvalue weighted by Gasteiger charge is -2.28.